The zero-order valence-electron chi connectivity index (χ0n) is 11.5. The number of fused-ring (bicyclic) bond motifs is 1. The van der Waals surface area contributed by atoms with E-state index in [4.69, 9.17) is 5.11 Å². The van der Waals surface area contributed by atoms with Crippen LogP contribution in [0.1, 0.15) is 23.2 Å². The van der Waals surface area contributed by atoms with Crippen molar-refractivity contribution < 1.29 is 9.90 Å². The number of aryl methyl sites for hydroxylation is 2. The molecule has 0 fully saturated rings. The molecule has 0 bridgehead atoms. The van der Waals surface area contributed by atoms with E-state index in [9.17, 15) is 4.79 Å². The molecule has 0 saturated carbocycles. The summed E-state index contributed by atoms with van der Waals surface area (Å²) in [6.45, 7) is 1.77. The Morgan fingerprint density at radius 2 is 2.05 bits per heavy atom. The van der Waals surface area contributed by atoms with E-state index in [1.54, 1.807) is 24.7 Å². The second-order valence-electron chi connectivity index (χ2n) is 4.92. The van der Waals surface area contributed by atoms with Crippen LogP contribution in [0.2, 0.25) is 0 Å². The summed E-state index contributed by atoms with van der Waals surface area (Å²) in [7, 11) is 0. The molecule has 21 heavy (non-hydrogen) atoms. The number of unbranched alkanes of at least 4 members (excludes halogenated alkanes) is 1. The Bertz CT molecular complexity index is 746. The number of rotatable bonds is 6. The molecule has 0 spiro atoms. The third-order valence-electron chi connectivity index (χ3n) is 3.51. The van der Waals surface area contributed by atoms with Crippen molar-refractivity contribution in [2.75, 3.05) is 0 Å². The largest absolute Gasteiger partial charge is 0.478 e. The van der Waals surface area contributed by atoms with E-state index in [1.165, 1.54) is 0 Å². The Labute approximate surface area is 121 Å². The first-order valence-corrected chi connectivity index (χ1v) is 6.88. The number of benzene rings is 1. The van der Waals surface area contributed by atoms with Crippen molar-refractivity contribution in [1.82, 2.24) is 19.1 Å². The van der Waals surface area contributed by atoms with Crippen LogP contribution < -0.4 is 0 Å². The quantitative estimate of drug-likeness (QED) is 0.705. The van der Waals surface area contributed by atoms with Crippen molar-refractivity contribution in [3.05, 3.63) is 48.8 Å². The molecule has 0 amide bonds. The molecule has 0 atom stereocenters. The van der Waals surface area contributed by atoms with Crippen molar-refractivity contribution in [2.45, 2.75) is 25.9 Å². The minimum atomic E-state index is -0.939. The Morgan fingerprint density at radius 1 is 1.19 bits per heavy atom. The van der Waals surface area contributed by atoms with E-state index in [2.05, 4.69) is 14.5 Å². The van der Waals surface area contributed by atoms with Crippen molar-refractivity contribution in [1.29, 1.82) is 0 Å². The standard InChI is InChI=1S/C15H16N4O2/c20-15(21)12-4-3-5-13-14(12)17-11-19(13)8-2-1-7-18-9-6-16-10-18/h3-6,9-11H,1-2,7-8H2,(H,20,21). The first-order chi connectivity index (χ1) is 10.3. The molecule has 2 heterocycles. The highest BCUT2D eigenvalue weighted by atomic mass is 16.4. The number of aromatic nitrogens is 4. The number of carboxylic acid groups (broad SMARTS) is 1. The maximum atomic E-state index is 11.2. The van der Waals surface area contributed by atoms with Crippen molar-refractivity contribution in [2.24, 2.45) is 0 Å². The van der Waals surface area contributed by atoms with Gasteiger partial charge in [0.05, 0.1) is 23.7 Å². The van der Waals surface area contributed by atoms with Gasteiger partial charge in [0.25, 0.3) is 0 Å². The fourth-order valence-corrected chi connectivity index (χ4v) is 2.43. The number of carboxylic acids is 1. The van der Waals surface area contributed by atoms with Crippen molar-refractivity contribution in [3.8, 4) is 0 Å². The maximum Gasteiger partial charge on any atom is 0.337 e. The number of aromatic carboxylic acids is 1. The summed E-state index contributed by atoms with van der Waals surface area (Å²) in [5.41, 5.74) is 1.68. The van der Waals surface area contributed by atoms with Crippen LogP contribution in [0.25, 0.3) is 11.0 Å². The number of hydrogen-bond acceptors (Lipinski definition) is 3. The summed E-state index contributed by atoms with van der Waals surface area (Å²) in [6, 6.07) is 5.25. The summed E-state index contributed by atoms with van der Waals surface area (Å²) in [5, 5.41) is 9.15. The lowest BCUT2D eigenvalue weighted by Crippen LogP contribution is -2.01. The fraction of sp³-hybridized carbons (Fsp3) is 0.267. The number of para-hydroxylation sites is 1. The van der Waals surface area contributed by atoms with Gasteiger partial charge < -0.3 is 14.2 Å². The molecule has 0 aliphatic heterocycles. The molecule has 3 aromatic rings. The van der Waals surface area contributed by atoms with Gasteiger partial charge in [-0.25, -0.2) is 14.8 Å². The minimum Gasteiger partial charge on any atom is -0.478 e. The predicted octanol–water partition coefficient (Wildman–Crippen LogP) is 2.41. The third kappa shape index (κ3) is 2.79. The lowest BCUT2D eigenvalue weighted by atomic mass is 10.2. The van der Waals surface area contributed by atoms with Gasteiger partial charge in [0.1, 0.15) is 5.52 Å². The normalized spacial score (nSPS) is 11.0. The van der Waals surface area contributed by atoms with Gasteiger partial charge in [0.15, 0.2) is 0 Å². The molecule has 108 valence electrons. The number of nitrogens with zero attached hydrogens (tertiary/aromatic N) is 4. The summed E-state index contributed by atoms with van der Waals surface area (Å²) < 4.78 is 4.06. The monoisotopic (exact) mass is 284 g/mol. The molecule has 0 aliphatic carbocycles. The second kappa shape index (κ2) is 5.78. The first kappa shape index (κ1) is 13.4. The summed E-state index contributed by atoms with van der Waals surface area (Å²) in [4.78, 5) is 19.4. The second-order valence-corrected chi connectivity index (χ2v) is 4.92. The summed E-state index contributed by atoms with van der Waals surface area (Å²) in [6.07, 6.45) is 9.29. The molecule has 1 aromatic carbocycles. The highest BCUT2D eigenvalue weighted by molar-refractivity contribution is 6.00. The van der Waals surface area contributed by atoms with E-state index in [0.717, 1.165) is 31.4 Å². The molecule has 2 aromatic heterocycles. The van der Waals surface area contributed by atoms with E-state index < -0.39 is 5.97 Å². The lowest BCUT2D eigenvalue weighted by Gasteiger charge is -2.05. The zero-order valence-corrected chi connectivity index (χ0v) is 11.5. The van der Waals surface area contributed by atoms with Crippen LogP contribution in [0, 0.1) is 0 Å². The van der Waals surface area contributed by atoms with E-state index >= 15 is 0 Å². The SMILES string of the molecule is O=C(O)c1cccc2c1ncn2CCCCn1ccnc1. The van der Waals surface area contributed by atoms with Gasteiger partial charge >= 0.3 is 5.97 Å². The van der Waals surface area contributed by atoms with Crippen molar-refractivity contribution in [3.63, 3.8) is 0 Å². The Hall–Kier alpha value is -2.63. The Kier molecular flexibility index (Phi) is 3.68. The summed E-state index contributed by atoms with van der Waals surface area (Å²) >= 11 is 0. The highest BCUT2D eigenvalue weighted by Gasteiger charge is 2.11. The van der Waals surface area contributed by atoms with E-state index in [-0.39, 0.29) is 5.56 Å². The molecule has 1 N–H and O–H groups in total. The molecule has 0 saturated heterocycles. The maximum absolute atomic E-state index is 11.2. The molecular weight excluding hydrogens is 268 g/mol. The third-order valence-corrected chi connectivity index (χ3v) is 3.51. The predicted molar refractivity (Wildman–Crippen MR) is 78.2 cm³/mol. The fourth-order valence-electron chi connectivity index (χ4n) is 2.43. The van der Waals surface area contributed by atoms with Gasteiger partial charge in [-0.3, -0.25) is 0 Å². The van der Waals surface area contributed by atoms with Gasteiger partial charge in [-0.15, -0.1) is 0 Å². The molecule has 6 nitrogen and oxygen atoms in total. The smallest absolute Gasteiger partial charge is 0.337 e. The van der Waals surface area contributed by atoms with Gasteiger partial charge in [0.2, 0.25) is 0 Å². The van der Waals surface area contributed by atoms with Crippen LogP contribution >= 0.6 is 0 Å². The minimum absolute atomic E-state index is 0.254. The Morgan fingerprint density at radius 3 is 2.81 bits per heavy atom. The van der Waals surface area contributed by atoms with Crippen LogP contribution in [0.3, 0.4) is 0 Å². The van der Waals surface area contributed by atoms with Gasteiger partial charge in [-0.2, -0.15) is 0 Å². The number of imidazole rings is 2. The van der Waals surface area contributed by atoms with Gasteiger partial charge in [0, 0.05) is 25.5 Å². The van der Waals surface area contributed by atoms with Crippen molar-refractivity contribution >= 4 is 17.0 Å². The van der Waals surface area contributed by atoms with Gasteiger partial charge in [-0.05, 0) is 25.0 Å². The lowest BCUT2D eigenvalue weighted by molar-refractivity contribution is 0.0699. The first-order valence-electron chi connectivity index (χ1n) is 6.88. The highest BCUT2D eigenvalue weighted by Crippen LogP contribution is 2.18. The molecular formula is C15H16N4O2. The van der Waals surface area contributed by atoms with Crippen LogP contribution in [-0.2, 0) is 13.1 Å². The van der Waals surface area contributed by atoms with Crippen LogP contribution in [0.15, 0.2) is 43.2 Å². The molecule has 6 heteroatoms. The Balaban J connectivity index is 1.67. The van der Waals surface area contributed by atoms with E-state index in [1.807, 2.05) is 23.2 Å². The van der Waals surface area contributed by atoms with Crippen LogP contribution in [0.5, 0.6) is 0 Å². The average Bonchev–Trinajstić information content (AvgIpc) is 3.13. The number of carbonyl (C=O) groups is 1. The molecule has 0 aliphatic rings. The average molecular weight is 284 g/mol. The zero-order chi connectivity index (χ0) is 14.7. The van der Waals surface area contributed by atoms with Crippen LogP contribution in [0.4, 0.5) is 0 Å². The van der Waals surface area contributed by atoms with E-state index in [0.29, 0.717) is 5.52 Å². The van der Waals surface area contributed by atoms with Gasteiger partial charge in [-0.1, -0.05) is 6.07 Å². The number of hydrogen-bond donors (Lipinski definition) is 1. The van der Waals surface area contributed by atoms with Crippen LogP contribution in [-0.4, -0.2) is 30.2 Å². The molecule has 0 unspecified atom stereocenters. The summed E-state index contributed by atoms with van der Waals surface area (Å²) in [5.74, 6) is -0.939. The molecule has 0 radical (unpaired) electrons. The topological polar surface area (TPSA) is 72.9 Å². The molecule has 3 rings (SSSR count).